The topological polar surface area (TPSA) is 63.8 Å². The summed E-state index contributed by atoms with van der Waals surface area (Å²) < 4.78 is 1.66. The molecule has 0 aromatic carbocycles. The molecule has 2 heterocycles. The first-order valence-corrected chi connectivity index (χ1v) is 4.64. The predicted molar refractivity (Wildman–Crippen MR) is 47.2 cm³/mol. The minimum Gasteiger partial charge on any atom is -0.390 e. The zero-order valence-electron chi connectivity index (χ0n) is 6.79. The predicted octanol–water partition coefficient (Wildman–Crippen LogP) is 0.275. The molecule has 0 unspecified atom stereocenters. The summed E-state index contributed by atoms with van der Waals surface area (Å²) in [5.74, 6) is 0. The van der Waals surface area contributed by atoms with Crippen LogP contribution in [0, 0.1) is 0 Å². The molecule has 2 aromatic heterocycles. The Hall–Kier alpha value is -1.27. The molecule has 0 amide bonds. The molecular weight excluding hydrogens is 188 g/mol. The van der Waals surface area contributed by atoms with Crippen LogP contribution >= 0.6 is 11.3 Å². The molecule has 0 radical (unpaired) electrons. The largest absolute Gasteiger partial charge is 0.390 e. The van der Waals surface area contributed by atoms with Crippen molar-refractivity contribution in [2.24, 2.45) is 0 Å². The van der Waals surface area contributed by atoms with Crippen molar-refractivity contribution in [1.29, 1.82) is 0 Å². The highest BCUT2D eigenvalue weighted by molar-refractivity contribution is 7.09. The van der Waals surface area contributed by atoms with Crippen LogP contribution in [0.2, 0.25) is 0 Å². The van der Waals surface area contributed by atoms with Gasteiger partial charge in [-0.2, -0.15) is 0 Å². The van der Waals surface area contributed by atoms with Crippen molar-refractivity contribution in [3.05, 3.63) is 28.5 Å². The van der Waals surface area contributed by atoms with Crippen LogP contribution < -0.4 is 0 Å². The molecule has 6 heteroatoms. The first-order valence-electron chi connectivity index (χ1n) is 3.77. The molecule has 0 saturated heterocycles. The highest BCUT2D eigenvalue weighted by atomic mass is 32.1. The fourth-order valence-electron chi connectivity index (χ4n) is 0.958. The lowest BCUT2D eigenvalue weighted by molar-refractivity contribution is 0.276. The maximum absolute atomic E-state index is 8.75. The van der Waals surface area contributed by atoms with Gasteiger partial charge in [-0.05, 0) is 0 Å². The minimum absolute atomic E-state index is 0.0716. The lowest BCUT2D eigenvalue weighted by Gasteiger charge is -1.93. The van der Waals surface area contributed by atoms with E-state index in [1.54, 1.807) is 28.4 Å². The van der Waals surface area contributed by atoms with Gasteiger partial charge in [-0.25, -0.2) is 9.67 Å². The molecule has 0 bridgehead atoms. The van der Waals surface area contributed by atoms with Crippen molar-refractivity contribution < 1.29 is 5.11 Å². The van der Waals surface area contributed by atoms with Gasteiger partial charge in [0, 0.05) is 11.6 Å². The standard InChI is InChI=1S/C7H8N4OS/c12-5-6-3-11(10-9-6)4-7-8-1-2-13-7/h1-3,12H,4-5H2. The van der Waals surface area contributed by atoms with Crippen molar-refractivity contribution in [2.45, 2.75) is 13.2 Å². The Labute approximate surface area is 78.7 Å². The van der Waals surface area contributed by atoms with Crippen molar-refractivity contribution in [3.63, 3.8) is 0 Å². The summed E-state index contributed by atoms with van der Waals surface area (Å²) in [6, 6.07) is 0. The van der Waals surface area contributed by atoms with Gasteiger partial charge in [-0.15, -0.1) is 16.4 Å². The number of hydrogen-bond donors (Lipinski definition) is 1. The van der Waals surface area contributed by atoms with Crippen LogP contribution in [0.5, 0.6) is 0 Å². The van der Waals surface area contributed by atoms with E-state index in [1.165, 1.54) is 0 Å². The Morgan fingerprint density at radius 1 is 1.54 bits per heavy atom. The fraction of sp³-hybridized carbons (Fsp3) is 0.286. The van der Waals surface area contributed by atoms with E-state index in [9.17, 15) is 0 Å². The number of aliphatic hydroxyl groups excluding tert-OH is 1. The number of nitrogens with zero attached hydrogens (tertiary/aromatic N) is 4. The van der Waals surface area contributed by atoms with Gasteiger partial charge in [-0.3, -0.25) is 0 Å². The van der Waals surface area contributed by atoms with Crippen LogP contribution in [0.4, 0.5) is 0 Å². The summed E-state index contributed by atoms with van der Waals surface area (Å²) in [5, 5.41) is 19.2. The maximum Gasteiger partial charge on any atom is 0.114 e. The average molecular weight is 196 g/mol. The molecule has 0 spiro atoms. The monoisotopic (exact) mass is 196 g/mol. The lowest BCUT2D eigenvalue weighted by Crippen LogP contribution is -1.99. The van der Waals surface area contributed by atoms with Crippen molar-refractivity contribution in [3.8, 4) is 0 Å². The molecule has 0 atom stereocenters. The molecule has 2 rings (SSSR count). The van der Waals surface area contributed by atoms with Gasteiger partial charge in [0.15, 0.2) is 0 Å². The van der Waals surface area contributed by atoms with Crippen LogP contribution in [0.25, 0.3) is 0 Å². The summed E-state index contributed by atoms with van der Waals surface area (Å²) >= 11 is 1.57. The molecule has 13 heavy (non-hydrogen) atoms. The van der Waals surface area contributed by atoms with E-state index in [1.807, 2.05) is 5.38 Å². The Kier molecular flexibility index (Phi) is 2.33. The van der Waals surface area contributed by atoms with E-state index < -0.39 is 0 Å². The summed E-state index contributed by atoms with van der Waals surface area (Å²) in [6.07, 6.45) is 3.46. The normalized spacial score (nSPS) is 10.5. The number of aromatic nitrogens is 4. The zero-order valence-corrected chi connectivity index (χ0v) is 7.61. The third-order valence-corrected chi connectivity index (χ3v) is 2.29. The van der Waals surface area contributed by atoms with E-state index in [2.05, 4.69) is 15.3 Å². The Bertz CT molecular complexity index is 370. The number of thiazole rings is 1. The van der Waals surface area contributed by atoms with Crippen molar-refractivity contribution in [1.82, 2.24) is 20.0 Å². The van der Waals surface area contributed by atoms with Gasteiger partial charge in [0.1, 0.15) is 10.7 Å². The lowest BCUT2D eigenvalue weighted by atomic mass is 10.5. The molecule has 0 aliphatic rings. The van der Waals surface area contributed by atoms with Crippen LogP contribution in [-0.2, 0) is 13.2 Å². The van der Waals surface area contributed by atoms with Gasteiger partial charge in [0.05, 0.1) is 19.3 Å². The first kappa shape index (κ1) is 8.33. The number of rotatable bonds is 3. The van der Waals surface area contributed by atoms with Crippen molar-refractivity contribution >= 4 is 11.3 Å². The minimum atomic E-state index is -0.0716. The van der Waals surface area contributed by atoms with E-state index in [4.69, 9.17) is 5.11 Å². The molecule has 0 saturated carbocycles. The van der Waals surface area contributed by atoms with Crippen LogP contribution in [-0.4, -0.2) is 25.1 Å². The van der Waals surface area contributed by atoms with Gasteiger partial charge < -0.3 is 5.11 Å². The van der Waals surface area contributed by atoms with Crippen LogP contribution in [0.3, 0.4) is 0 Å². The molecule has 0 fully saturated rings. The van der Waals surface area contributed by atoms with Crippen LogP contribution in [0.15, 0.2) is 17.8 Å². The van der Waals surface area contributed by atoms with Gasteiger partial charge >= 0.3 is 0 Å². The summed E-state index contributed by atoms with van der Waals surface area (Å²) in [7, 11) is 0. The van der Waals surface area contributed by atoms with E-state index in [-0.39, 0.29) is 6.61 Å². The Morgan fingerprint density at radius 3 is 3.08 bits per heavy atom. The SMILES string of the molecule is OCc1cn(Cc2nccs2)nn1. The number of aliphatic hydroxyl groups is 1. The number of hydrogen-bond acceptors (Lipinski definition) is 5. The molecular formula is C7H8N4OS. The first-order chi connectivity index (χ1) is 6.38. The molecule has 2 aromatic rings. The third-order valence-electron chi connectivity index (χ3n) is 1.53. The maximum atomic E-state index is 8.75. The molecule has 0 aliphatic carbocycles. The fourth-order valence-corrected chi connectivity index (χ4v) is 1.57. The average Bonchev–Trinajstić information content (AvgIpc) is 2.76. The van der Waals surface area contributed by atoms with Gasteiger partial charge in [0.25, 0.3) is 0 Å². The highest BCUT2D eigenvalue weighted by Gasteiger charge is 2.01. The molecule has 0 aliphatic heterocycles. The van der Waals surface area contributed by atoms with E-state index in [0.717, 1.165) is 5.01 Å². The highest BCUT2D eigenvalue weighted by Crippen LogP contribution is 2.05. The Balaban J connectivity index is 2.10. The second-order valence-electron chi connectivity index (χ2n) is 2.49. The van der Waals surface area contributed by atoms with Gasteiger partial charge in [-0.1, -0.05) is 5.21 Å². The summed E-state index contributed by atoms with van der Waals surface area (Å²) in [5.41, 5.74) is 0.580. The third kappa shape index (κ3) is 1.90. The molecule has 5 nitrogen and oxygen atoms in total. The van der Waals surface area contributed by atoms with E-state index in [0.29, 0.717) is 12.2 Å². The summed E-state index contributed by atoms with van der Waals surface area (Å²) in [4.78, 5) is 4.11. The van der Waals surface area contributed by atoms with E-state index >= 15 is 0 Å². The second kappa shape index (κ2) is 3.63. The molecule has 1 N–H and O–H groups in total. The molecule has 68 valence electrons. The van der Waals surface area contributed by atoms with Crippen molar-refractivity contribution in [2.75, 3.05) is 0 Å². The van der Waals surface area contributed by atoms with Gasteiger partial charge in [0.2, 0.25) is 0 Å². The smallest absolute Gasteiger partial charge is 0.114 e. The Morgan fingerprint density at radius 2 is 2.46 bits per heavy atom. The zero-order chi connectivity index (χ0) is 9.10. The summed E-state index contributed by atoms with van der Waals surface area (Å²) in [6.45, 7) is 0.544. The quantitative estimate of drug-likeness (QED) is 0.765. The van der Waals surface area contributed by atoms with Crippen LogP contribution in [0.1, 0.15) is 10.7 Å². The second-order valence-corrected chi connectivity index (χ2v) is 3.47.